The summed E-state index contributed by atoms with van der Waals surface area (Å²) >= 11 is 0. The number of carbonyl (C=O) groups is 2. The molecule has 0 saturated heterocycles. The molecule has 2 aliphatic carbocycles. The first-order valence-electron chi connectivity index (χ1n) is 6.40. The maximum atomic E-state index is 11.3. The highest BCUT2D eigenvalue weighted by molar-refractivity contribution is 7.33. The van der Waals surface area contributed by atoms with Gasteiger partial charge < -0.3 is 0 Å². The van der Waals surface area contributed by atoms with E-state index in [2.05, 4.69) is 0 Å². The van der Waals surface area contributed by atoms with E-state index in [4.69, 9.17) is 9.05 Å². The average Bonchev–Trinajstić information content (AvgIpc) is 3.19. The molecule has 0 aromatic rings. The van der Waals surface area contributed by atoms with Gasteiger partial charge in [-0.3, -0.25) is 9.59 Å². The maximum Gasteiger partial charge on any atom is 0.698 e. The maximum absolute atomic E-state index is 11.3. The predicted molar refractivity (Wildman–Crippen MR) is 64.2 cm³/mol. The molecule has 2 rings (SSSR count). The molecule has 0 radical (unpaired) electrons. The normalized spacial score (nSPS) is 18.7. The lowest BCUT2D eigenvalue weighted by Crippen LogP contribution is -2.09. The van der Waals surface area contributed by atoms with Gasteiger partial charge in [-0.2, -0.15) is 0 Å². The van der Waals surface area contributed by atoms with Gasteiger partial charge in [-0.25, -0.2) is 0 Å². The Kier molecular flexibility index (Phi) is 4.98. The first-order valence-corrected chi connectivity index (χ1v) is 7.49. The highest BCUT2D eigenvalue weighted by Crippen LogP contribution is 2.34. The van der Waals surface area contributed by atoms with E-state index in [0.29, 0.717) is 24.7 Å². The molecule has 0 amide bonds. The van der Waals surface area contributed by atoms with Crippen LogP contribution in [0.1, 0.15) is 38.5 Å². The molecule has 0 spiro atoms. The molecule has 0 bridgehead atoms. The lowest BCUT2D eigenvalue weighted by molar-refractivity contribution is -0.121. The van der Waals surface area contributed by atoms with Gasteiger partial charge in [0.25, 0.3) is 0 Å². The molecular formula is C12H18O5P+. The highest BCUT2D eigenvalue weighted by Gasteiger charge is 2.29. The Labute approximate surface area is 107 Å². The highest BCUT2D eigenvalue weighted by atomic mass is 31.1. The summed E-state index contributed by atoms with van der Waals surface area (Å²) in [5.74, 6) is 0.905. The van der Waals surface area contributed by atoms with Crippen LogP contribution in [0, 0.1) is 11.8 Å². The van der Waals surface area contributed by atoms with E-state index >= 15 is 0 Å². The molecule has 2 fully saturated rings. The van der Waals surface area contributed by atoms with Crippen molar-refractivity contribution in [1.29, 1.82) is 0 Å². The Morgan fingerprint density at radius 2 is 1.28 bits per heavy atom. The van der Waals surface area contributed by atoms with Crippen LogP contribution in [-0.2, 0) is 23.2 Å². The third-order valence-electron chi connectivity index (χ3n) is 3.09. The van der Waals surface area contributed by atoms with Crippen molar-refractivity contribution in [3.8, 4) is 0 Å². The van der Waals surface area contributed by atoms with Crippen LogP contribution in [0.5, 0.6) is 0 Å². The van der Waals surface area contributed by atoms with Gasteiger partial charge in [-0.05, 0) is 37.5 Å². The topological polar surface area (TPSA) is 69.7 Å². The van der Waals surface area contributed by atoms with Crippen LogP contribution < -0.4 is 0 Å². The van der Waals surface area contributed by atoms with Gasteiger partial charge in [0.15, 0.2) is 24.8 Å². The van der Waals surface area contributed by atoms with Crippen LogP contribution in [0.25, 0.3) is 0 Å². The van der Waals surface area contributed by atoms with E-state index in [1.54, 1.807) is 0 Å². The van der Waals surface area contributed by atoms with Crippen molar-refractivity contribution in [3.63, 3.8) is 0 Å². The summed E-state index contributed by atoms with van der Waals surface area (Å²) in [7, 11) is -2.35. The van der Waals surface area contributed by atoms with E-state index in [1.165, 1.54) is 0 Å². The van der Waals surface area contributed by atoms with E-state index in [-0.39, 0.29) is 24.8 Å². The summed E-state index contributed by atoms with van der Waals surface area (Å²) < 4.78 is 20.8. The monoisotopic (exact) mass is 273 g/mol. The van der Waals surface area contributed by atoms with Gasteiger partial charge in [-0.1, -0.05) is 0 Å². The van der Waals surface area contributed by atoms with E-state index in [9.17, 15) is 14.2 Å². The first kappa shape index (κ1) is 13.8. The summed E-state index contributed by atoms with van der Waals surface area (Å²) in [5.41, 5.74) is 0. The van der Waals surface area contributed by atoms with Crippen LogP contribution in [-0.4, -0.2) is 24.8 Å². The summed E-state index contributed by atoms with van der Waals surface area (Å²) in [6.07, 6.45) is 5.41. The van der Waals surface area contributed by atoms with Gasteiger partial charge >= 0.3 is 8.25 Å². The van der Waals surface area contributed by atoms with Gasteiger partial charge in [0.05, 0.1) is 0 Å². The Morgan fingerprint density at radius 1 is 0.889 bits per heavy atom. The van der Waals surface area contributed by atoms with Crippen LogP contribution in [0.2, 0.25) is 0 Å². The number of hydrogen-bond acceptors (Lipinski definition) is 5. The van der Waals surface area contributed by atoms with Crippen molar-refractivity contribution in [2.24, 2.45) is 11.8 Å². The minimum absolute atomic E-state index is 0.0474. The lowest BCUT2D eigenvalue weighted by Gasteiger charge is -1.94. The van der Waals surface area contributed by atoms with Crippen molar-refractivity contribution in [2.45, 2.75) is 38.5 Å². The van der Waals surface area contributed by atoms with E-state index in [0.717, 1.165) is 25.7 Å². The third kappa shape index (κ3) is 5.80. The van der Waals surface area contributed by atoms with Crippen molar-refractivity contribution in [1.82, 2.24) is 0 Å². The SMILES string of the molecule is O=C(CO[P+](=O)OCC(=O)CC1CC1)CC1CC1. The zero-order chi connectivity index (χ0) is 13.0. The van der Waals surface area contributed by atoms with Gasteiger partial charge in [-0.15, -0.1) is 9.05 Å². The molecule has 5 nitrogen and oxygen atoms in total. The lowest BCUT2D eigenvalue weighted by atomic mass is 10.2. The molecule has 0 aromatic carbocycles. The Bertz CT molecular complexity index is 314. The van der Waals surface area contributed by atoms with Crippen LogP contribution >= 0.6 is 8.25 Å². The molecule has 100 valence electrons. The molecule has 0 atom stereocenters. The van der Waals surface area contributed by atoms with Gasteiger partial charge in [0, 0.05) is 17.4 Å². The second kappa shape index (κ2) is 6.50. The second-order valence-corrected chi connectivity index (χ2v) is 6.11. The molecule has 0 N–H and O–H groups in total. The molecule has 0 aromatic heterocycles. The Hall–Kier alpha value is -0.640. The number of ketones is 2. The summed E-state index contributed by atoms with van der Waals surface area (Å²) in [5, 5.41) is 0. The largest absolute Gasteiger partial charge is 0.698 e. The first-order chi connectivity index (χ1) is 8.63. The molecule has 2 aliphatic rings. The Balaban J connectivity index is 1.50. The van der Waals surface area contributed by atoms with Crippen LogP contribution in [0.4, 0.5) is 0 Å². The quantitative estimate of drug-likeness (QED) is 0.572. The van der Waals surface area contributed by atoms with Crippen LogP contribution in [0.3, 0.4) is 0 Å². The minimum Gasteiger partial charge on any atom is -0.297 e. The van der Waals surface area contributed by atoms with Crippen molar-refractivity contribution < 1.29 is 23.2 Å². The van der Waals surface area contributed by atoms with Crippen molar-refractivity contribution in [3.05, 3.63) is 0 Å². The minimum atomic E-state index is -2.35. The molecule has 0 unspecified atom stereocenters. The molecule has 18 heavy (non-hydrogen) atoms. The Morgan fingerprint density at radius 3 is 1.61 bits per heavy atom. The molecule has 0 heterocycles. The second-order valence-electron chi connectivity index (χ2n) is 5.14. The third-order valence-corrected chi connectivity index (χ3v) is 3.77. The molecular weight excluding hydrogens is 255 g/mol. The zero-order valence-electron chi connectivity index (χ0n) is 10.3. The van der Waals surface area contributed by atoms with E-state index in [1.807, 2.05) is 0 Å². The smallest absolute Gasteiger partial charge is 0.297 e. The molecule has 0 aliphatic heterocycles. The summed E-state index contributed by atoms with van der Waals surface area (Å²) in [4.78, 5) is 22.6. The number of rotatable bonds is 10. The summed E-state index contributed by atoms with van der Waals surface area (Å²) in [6.45, 7) is -0.356. The predicted octanol–water partition coefficient (Wildman–Crippen LogP) is 2.42. The fourth-order valence-corrected chi connectivity index (χ4v) is 2.27. The standard InChI is InChI=1S/C12H18O5P/c13-11(5-9-1-2-9)7-16-18(15)17-8-12(14)6-10-3-4-10/h9-10H,1-8H2/q+1. The van der Waals surface area contributed by atoms with E-state index < -0.39 is 8.25 Å². The van der Waals surface area contributed by atoms with Crippen molar-refractivity contribution >= 4 is 19.8 Å². The zero-order valence-corrected chi connectivity index (χ0v) is 11.2. The number of Topliss-reactive ketones (excluding diaryl/α,β-unsaturated/α-hetero) is 2. The van der Waals surface area contributed by atoms with Crippen molar-refractivity contribution in [2.75, 3.05) is 13.2 Å². The fraction of sp³-hybridized carbons (Fsp3) is 0.833. The molecule has 6 heteroatoms. The fourth-order valence-electron chi connectivity index (χ4n) is 1.69. The number of carbonyl (C=O) groups excluding carboxylic acids is 2. The summed E-state index contributed by atoms with van der Waals surface area (Å²) in [6, 6.07) is 0. The number of hydrogen-bond donors (Lipinski definition) is 0. The van der Waals surface area contributed by atoms with Gasteiger partial charge in [0.2, 0.25) is 0 Å². The average molecular weight is 273 g/mol. The van der Waals surface area contributed by atoms with Crippen LogP contribution in [0.15, 0.2) is 0 Å². The molecule has 2 saturated carbocycles. The van der Waals surface area contributed by atoms with Gasteiger partial charge in [0.1, 0.15) is 0 Å².